The molecule has 0 bridgehead atoms. The molecule has 3 atom stereocenters. The average Bonchev–Trinajstić information content (AvgIpc) is 3.96. The number of aryl methyl sites for hydroxylation is 1. The SMILES string of the molecule is COc1cc(-c2ccc(C3CCc4ccc([C@H](C5CC5)[C@H](C)C(=O)O)cc4O3)cc2CN2CCCC3(CC3)C2)ccn1. The first-order chi connectivity index (χ1) is 20.4. The molecule has 2 saturated carbocycles. The molecule has 1 saturated heterocycles. The highest BCUT2D eigenvalue weighted by atomic mass is 16.5. The molecule has 2 aliphatic carbocycles. The van der Waals surface area contributed by atoms with Crippen LogP contribution in [0.4, 0.5) is 0 Å². The van der Waals surface area contributed by atoms with Crippen LogP contribution in [0, 0.1) is 17.3 Å². The molecular formula is C36H42N2O4. The van der Waals surface area contributed by atoms with Crippen LogP contribution < -0.4 is 9.47 Å². The van der Waals surface area contributed by atoms with E-state index < -0.39 is 11.9 Å². The smallest absolute Gasteiger partial charge is 0.306 e. The summed E-state index contributed by atoms with van der Waals surface area (Å²) in [7, 11) is 1.66. The third kappa shape index (κ3) is 5.54. The number of carboxylic acid groups (broad SMARTS) is 1. The minimum absolute atomic E-state index is 0.0278. The van der Waals surface area contributed by atoms with Gasteiger partial charge in [0.15, 0.2) is 0 Å². The Bertz CT molecular complexity index is 1480. The first kappa shape index (κ1) is 27.5. The van der Waals surface area contributed by atoms with E-state index in [4.69, 9.17) is 9.47 Å². The number of hydrogen-bond acceptors (Lipinski definition) is 5. The van der Waals surface area contributed by atoms with Crippen LogP contribution in [-0.2, 0) is 17.8 Å². The van der Waals surface area contributed by atoms with Crippen molar-refractivity contribution in [2.45, 2.75) is 76.9 Å². The van der Waals surface area contributed by atoms with Gasteiger partial charge in [0.25, 0.3) is 0 Å². The summed E-state index contributed by atoms with van der Waals surface area (Å²) >= 11 is 0. The van der Waals surface area contributed by atoms with Crippen molar-refractivity contribution in [3.05, 3.63) is 77.0 Å². The fourth-order valence-corrected chi connectivity index (χ4v) is 7.59. The Kier molecular flexibility index (Phi) is 7.21. The van der Waals surface area contributed by atoms with Gasteiger partial charge in [0.1, 0.15) is 11.9 Å². The van der Waals surface area contributed by atoms with Gasteiger partial charge in [0, 0.05) is 25.4 Å². The lowest BCUT2D eigenvalue weighted by Gasteiger charge is -2.34. The molecule has 0 radical (unpaired) electrons. The van der Waals surface area contributed by atoms with Gasteiger partial charge in [-0.25, -0.2) is 4.98 Å². The van der Waals surface area contributed by atoms with Crippen molar-refractivity contribution in [1.82, 2.24) is 9.88 Å². The van der Waals surface area contributed by atoms with E-state index in [9.17, 15) is 9.90 Å². The maximum Gasteiger partial charge on any atom is 0.306 e. The monoisotopic (exact) mass is 566 g/mol. The summed E-state index contributed by atoms with van der Waals surface area (Å²) in [4.78, 5) is 18.9. The Hall–Kier alpha value is -3.38. The second-order valence-electron chi connectivity index (χ2n) is 13.3. The first-order valence-corrected chi connectivity index (χ1v) is 15.8. The Balaban J connectivity index is 1.18. The molecule has 220 valence electrons. The van der Waals surface area contributed by atoms with Crippen LogP contribution in [0.5, 0.6) is 11.6 Å². The van der Waals surface area contributed by atoms with E-state index in [1.165, 1.54) is 54.5 Å². The number of methoxy groups -OCH3 is 1. The fourth-order valence-electron chi connectivity index (χ4n) is 7.59. The van der Waals surface area contributed by atoms with Crippen LogP contribution in [0.1, 0.15) is 86.1 Å². The minimum Gasteiger partial charge on any atom is -0.485 e. The van der Waals surface area contributed by atoms with Gasteiger partial charge in [-0.1, -0.05) is 37.3 Å². The molecule has 7 rings (SSSR count). The number of carboxylic acids is 1. The molecule has 6 heteroatoms. The summed E-state index contributed by atoms with van der Waals surface area (Å²) in [6.07, 6.45) is 11.3. The van der Waals surface area contributed by atoms with Gasteiger partial charge in [0.2, 0.25) is 5.88 Å². The summed E-state index contributed by atoms with van der Waals surface area (Å²) < 4.78 is 12.2. The van der Waals surface area contributed by atoms with Crippen molar-refractivity contribution >= 4 is 5.97 Å². The van der Waals surface area contributed by atoms with Crippen molar-refractivity contribution in [1.29, 1.82) is 0 Å². The number of aliphatic carboxylic acids is 1. The van der Waals surface area contributed by atoms with Gasteiger partial charge in [-0.3, -0.25) is 9.69 Å². The molecule has 2 aliphatic heterocycles. The summed E-state index contributed by atoms with van der Waals surface area (Å²) in [5.41, 5.74) is 7.78. The van der Waals surface area contributed by atoms with Crippen LogP contribution in [0.2, 0.25) is 0 Å². The summed E-state index contributed by atoms with van der Waals surface area (Å²) in [6, 6.07) is 17.4. The molecule has 3 aromatic rings. The highest BCUT2D eigenvalue weighted by Gasteiger charge is 2.45. The normalized spacial score (nSPS) is 22.6. The lowest BCUT2D eigenvalue weighted by Crippen LogP contribution is -2.36. The van der Waals surface area contributed by atoms with Crippen LogP contribution in [-0.4, -0.2) is 41.2 Å². The Morgan fingerprint density at radius 1 is 1.12 bits per heavy atom. The zero-order valence-corrected chi connectivity index (χ0v) is 24.9. The van der Waals surface area contributed by atoms with E-state index in [0.717, 1.165) is 55.6 Å². The molecule has 3 heterocycles. The number of rotatable bonds is 9. The Labute approximate surface area is 249 Å². The second kappa shape index (κ2) is 11.0. The molecule has 6 nitrogen and oxygen atoms in total. The van der Waals surface area contributed by atoms with Gasteiger partial charge >= 0.3 is 5.97 Å². The van der Waals surface area contributed by atoms with Gasteiger partial charge in [0.05, 0.1) is 13.0 Å². The molecule has 1 aromatic heterocycles. The minimum atomic E-state index is -0.718. The first-order valence-electron chi connectivity index (χ1n) is 15.8. The van der Waals surface area contributed by atoms with Crippen LogP contribution in [0.15, 0.2) is 54.7 Å². The third-order valence-corrected chi connectivity index (χ3v) is 10.3. The zero-order valence-electron chi connectivity index (χ0n) is 24.9. The highest BCUT2D eigenvalue weighted by molar-refractivity contribution is 5.71. The van der Waals surface area contributed by atoms with E-state index >= 15 is 0 Å². The lowest BCUT2D eigenvalue weighted by molar-refractivity contribution is -0.142. The molecule has 42 heavy (non-hydrogen) atoms. The highest BCUT2D eigenvalue weighted by Crippen LogP contribution is 2.52. The van der Waals surface area contributed by atoms with Gasteiger partial charge < -0.3 is 14.6 Å². The number of pyridine rings is 1. The molecule has 4 aliphatic rings. The Morgan fingerprint density at radius 2 is 1.98 bits per heavy atom. The Morgan fingerprint density at radius 3 is 2.74 bits per heavy atom. The topological polar surface area (TPSA) is 71.9 Å². The number of fused-ring (bicyclic) bond motifs is 1. The quantitative estimate of drug-likeness (QED) is 0.291. The number of ether oxygens (including phenoxy) is 2. The van der Waals surface area contributed by atoms with Crippen molar-refractivity contribution in [3.8, 4) is 22.8 Å². The molecule has 2 aromatic carbocycles. The number of likely N-dealkylation sites (tertiary alicyclic amines) is 1. The maximum atomic E-state index is 11.9. The van der Waals surface area contributed by atoms with Crippen LogP contribution in [0.25, 0.3) is 11.1 Å². The molecule has 1 spiro atoms. The number of benzene rings is 2. The van der Waals surface area contributed by atoms with Crippen molar-refractivity contribution in [2.24, 2.45) is 17.3 Å². The lowest BCUT2D eigenvalue weighted by atomic mass is 9.82. The number of aromatic nitrogens is 1. The molecular weight excluding hydrogens is 524 g/mol. The average molecular weight is 567 g/mol. The number of carbonyl (C=O) groups is 1. The maximum absolute atomic E-state index is 11.9. The largest absolute Gasteiger partial charge is 0.485 e. The molecule has 0 amide bonds. The van der Waals surface area contributed by atoms with Gasteiger partial charge in [-0.2, -0.15) is 0 Å². The second-order valence-corrected chi connectivity index (χ2v) is 13.3. The summed E-state index contributed by atoms with van der Waals surface area (Å²) in [6.45, 7) is 5.13. The molecule has 3 fully saturated rings. The predicted octanol–water partition coefficient (Wildman–Crippen LogP) is 7.41. The van der Waals surface area contributed by atoms with E-state index in [1.807, 2.05) is 19.2 Å². The van der Waals surface area contributed by atoms with E-state index in [0.29, 0.717) is 17.2 Å². The predicted molar refractivity (Wildman–Crippen MR) is 163 cm³/mol. The van der Waals surface area contributed by atoms with E-state index in [-0.39, 0.29) is 12.0 Å². The standard InChI is InChI=1S/C36H42N2O4/c1-23(35(39)40)34(25-5-6-25)28-7-4-24-9-11-31(42-32(24)19-28)27-8-10-30(26-12-16-37-33(20-26)41-2)29(18-27)21-38-17-3-13-36(22-38)14-15-36/h4,7-8,10,12,16,18-20,23,25,31,34H,3,5-6,9,11,13-15,17,21-22H2,1-2H3,(H,39,40)/t23-,31?,34-/m0/s1. The van der Waals surface area contributed by atoms with Crippen molar-refractivity contribution in [3.63, 3.8) is 0 Å². The van der Waals surface area contributed by atoms with Crippen LogP contribution in [0.3, 0.4) is 0 Å². The van der Waals surface area contributed by atoms with Crippen molar-refractivity contribution < 1.29 is 19.4 Å². The molecule has 1 N–H and O–H groups in total. The zero-order chi connectivity index (χ0) is 28.8. The van der Waals surface area contributed by atoms with E-state index in [2.05, 4.69) is 52.3 Å². The van der Waals surface area contributed by atoms with Gasteiger partial charge in [-0.15, -0.1) is 0 Å². The molecule has 1 unspecified atom stereocenters. The van der Waals surface area contributed by atoms with Gasteiger partial charge in [-0.05, 0) is 121 Å². The van der Waals surface area contributed by atoms with E-state index in [1.54, 1.807) is 7.11 Å². The van der Waals surface area contributed by atoms with Crippen LogP contribution >= 0.6 is 0 Å². The number of nitrogens with zero attached hydrogens (tertiary/aromatic N) is 2. The number of hydrogen-bond donors (Lipinski definition) is 1. The number of piperidine rings is 1. The summed E-state index contributed by atoms with van der Waals surface area (Å²) in [5.74, 6) is 0.926. The third-order valence-electron chi connectivity index (χ3n) is 10.3. The fraction of sp³-hybridized carbons (Fsp3) is 0.500. The summed E-state index contributed by atoms with van der Waals surface area (Å²) in [5, 5.41) is 9.78. The van der Waals surface area contributed by atoms with Crippen molar-refractivity contribution in [2.75, 3.05) is 20.2 Å².